The fraction of sp³-hybridized carbons (Fsp3) is 0.515. The molecule has 0 radical (unpaired) electrons. The number of imidazole rings is 1. The number of nitrogens with zero attached hydrogens (tertiary/aromatic N) is 8. The number of benzene rings is 1. The summed E-state index contributed by atoms with van der Waals surface area (Å²) >= 11 is 0. The molecule has 1 fully saturated rings. The van der Waals surface area contributed by atoms with Crippen molar-refractivity contribution in [1.29, 1.82) is 0 Å². The Balaban J connectivity index is 0.00000106. The minimum Gasteiger partial charge on any atom is -0.412 e. The van der Waals surface area contributed by atoms with E-state index in [0.717, 1.165) is 61.1 Å². The first kappa shape index (κ1) is 35.6. The molecule has 4 N–H and O–H groups in total. The molecular formula is C33H50FN9O2. The van der Waals surface area contributed by atoms with Gasteiger partial charge in [0.1, 0.15) is 11.3 Å². The third-order valence-electron chi connectivity index (χ3n) is 7.91. The van der Waals surface area contributed by atoms with E-state index in [4.69, 9.17) is 9.97 Å². The summed E-state index contributed by atoms with van der Waals surface area (Å²) < 4.78 is 21.5. The molecule has 0 aliphatic carbocycles. The zero-order chi connectivity index (χ0) is 31.6. The number of hydrogen-bond donors (Lipinski definition) is 2. The summed E-state index contributed by atoms with van der Waals surface area (Å²) in [4.78, 5) is 21.0. The van der Waals surface area contributed by atoms with Gasteiger partial charge in [0.2, 0.25) is 5.95 Å². The van der Waals surface area contributed by atoms with Crippen LogP contribution in [0.25, 0.3) is 28.0 Å². The lowest BCUT2D eigenvalue weighted by Crippen LogP contribution is -2.39. The molecule has 6 rings (SSSR count). The maximum atomic E-state index is 15.3. The van der Waals surface area contributed by atoms with E-state index in [0.29, 0.717) is 36.6 Å². The number of anilines is 1. The van der Waals surface area contributed by atoms with Crippen molar-refractivity contribution in [2.75, 3.05) is 38.1 Å². The average Bonchev–Trinajstić information content (AvgIpc) is 3.48. The van der Waals surface area contributed by atoms with Gasteiger partial charge in [-0.25, -0.2) is 9.37 Å². The molecular weight excluding hydrogens is 573 g/mol. The Labute approximate surface area is 265 Å². The van der Waals surface area contributed by atoms with E-state index in [2.05, 4.69) is 41.7 Å². The fourth-order valence-corrected chi connectivity index (χ4v) is 5.79. The lowest BCUT2D eigenvalue weighted by molar-refractivity contribution is 0.174. The molecule has 5 aromatic rings. The standard InChI is InChI=1S/C29H36FN9O.2C2H6.H2O/c1-3-22(30)26-33-23-6-4-5-7-24(23)38(26)27-25-28(35-29(34-27)32-15-19-40)39(36(25)2)21-11-17-37(18-12-21)16-10-20-8-13-31-14-9-20;2*1-2;/h4-9,13-14,21-22,40H,3,10-12,15-19H2,1-2H3,(H,32,34,35);2*1-2H3;1H2. The molecule has 246 valence electrons. The number of aliphatic hydroxyl groups excluding tert-OH is 1. The van der Waals surface area contributed by atoms with Crippen molar-refractivity contribution >= 4 is 28.1 Å². The molecule has 4 aromatic heterocycles. The lowest BCUT2D eigenvalue weighted by atomic mass is 10.0. The van der Waals surface area contributed by atoms with Gasteiger partial charge >= 0.3 is 0 Å². The van der Waals surface area contributed by atoms with E-state index in [9.17, 15) is 5.11 Å². The summed E-state index contributed by atoms with van der Waals surface area (Å²) in [7, 11) is 2.03. The van der Waals surface area contributed by atoms with Crippen molar-refractivity contribution in [2.45, 2.75) is 72.5 Å². The van der Waals surface area contributed by atoms with Crippen molar-refractivity contribution in [2.24, 2.45) is 7.05 Å². The number of likely N-dealkylation sites (tertiary alicyclic amines) is 1. The largest absolute Gasteiger partial charge is 0.412 e. The Morgan fingerprint density at radius 3 is 2.36 bits per heavy atom. The van der Waals surface area contributed by atoms with Crippen LogP contribution in [0, 0.1) is 0 Å². The van der Waals surface area contributed by atoms with Crippen molar-refractivity contribution in [1.82, 2.24) is 38.8 Å². The average molecular weight is 624 g/mol. The minimum atomic E-state index is -1.23. The molecule has 11 nitrogen and oxygen atoms in total. The van der Waals surface area contributed by atoms with Gasteiger partial charge in [-0.05, 0) is 55.5 Å². The summed E-state index contributed by atoms with van der Waals surface area (Å²) in [5.74, 6) is 1.34. The fourth-order valence-electron chi connectivity index (χ4n) is 5.79. The molecule has 45 heavy (non-hydrogen) atoms. The van der Waals surface area contributed by atoms with Crippen molar-refractivity contribution in [3.63, 3.8) is 0 Å². The topological polar surface area (TPSA) is 133 Å². The number of para-hydroxylation sites is 2. The number of alkyl halides is 1. The van der Waals surface area contributed by atoms with Crippen LogP contribution < -0.4 is 5.32 Å². The first-order valence-corrected chi connectivity index (χ1v) is 16.1. The first-order valence-electron chi connectivity index (χ1n) is 16.1. The molecule has 0 amide bonds. The summed E-state index contributed by atoms with van der Waals surface area (Å²) in [6.07, 6.45) is 5.83. The molecule has 1 aromatic carbocycles. The zero-order valence-electron chi connectivity index (χ0n) is 27.5. The number of nitrogens with one attached hydrogen (secondary N) is 1. The van der Waals surface area contributed by atoms with Gasteiger partial charge in [0, 0.05) is 45.6 Å². The van der Waals surface area contributed by atoms with Crippen LogP contribution in [0.4, 0.5) is 10.3 Å². The van der Waals surface area contributed by atoms with Crippen LogP contribution in [0.5, 0.6) is 0 Å². The van der Waals surface area contributed by atoms with E-state index >= 15 is 4.39 Å². The third-order valence-corrected chi connectivity index (χ3v) is 7.91. The van der Waals surface area contributed by atoms with Crippen LogP contribution in [0.15, 0.2) is 48.8 Å². The van der Waals surface area contributed by atoms with Crippen LogP contribution in [-0.2, 0) is 13.5 Å². The predicted octanol–water partition coefficient (Wildman–Crippen LogP) is 5.44. The number of aliphatic hydroxyl groups is 1. The van der Waals surface area contributed by atoms with E-state index in [1.54, 1.807) is 0 Å². The monoisotopic (exact) mass is 623 g/mol. The Morgan fingerprint density at radius 1 is 1.00 bits per heavy atom. The normalized spacial score (nSPS) is 14.3. The number of rotatable bonds is 10. The van der Waals surface area contributed by atoms with Gasteiger partial charge in [0.05, 0.1) is 23.7 Å². The lowest BCUT2D eigenvalue weighted by Gasteiger charge is -2.37. The molecule has 0 saturated carbocycles. The van der Waals surface area contributed by atoms with E-state index in [1.165, 1.54) is 5.56 Å². The number of piperidine rings is 1. The Kier molecular flexibility index (Phi) is 13.4. The van der Waals surface area contributed by atoms with Gasteiger partial charge in [0.25, 0.3) is 0 Å². The summed E-state index contributed by atoms with van der Waals surface area (Å²) in [6, 6.07) is 12.1. The van der Waals surface area contributed by atoms with Crippen LogP contribution in [-0.4, -0.2) is 82.1 Å². The molecule has 1 unspecified atom stereocenters. The van der Waals surface area contributed by atoms with Crippen molar-refractivity contribution < 1.29 is 15.0 Å². The van der Waals surface area contributed by atoms with Crippen molar-refractivity contribution in [3.05, 3.63) is 60.2 Å². The molecule has 1 aliphatic heterocycles. The molecule has 0 bridgehead atoms. The van der Waals surface area contributed by atoms with E-state index in [-0.39, 0.29) is 12.1 Å². The molecule has 0 spiro atoms. The molecule has 1 atom stereocenters. The van der Waals surface area contributed by atoms with E-state index < -0.39 is 6.17 Å². The number of fused-ring (bicyclic) bond motifs is 2. The second kappa shape index (κ2) is 17.0. The Morgan fingerprint density at radius 2 is 1.69 bits per heavy atom. The quantitative estimate of drug-likeness (QED) is 0.212. The van der Waals surface area contributed by atoms with Gasteiger partial charge < -0.3 is 20.8 Å². The summed E-state index contributed by atoms with van der Waals surface area (Å²) in [5.41, 5.74) is 4.51. The number of halogens is 1. The number of hydrogen-bond acceptors (Lipinski definition) is 7. The van der Waals surface area contributed by atoms with Gasteiger partial charge in [0.15, 0.2) is 17.6 Å². The number of pyridine rings is 1. The van der Waals surface area contributed by atoms with E-state index in [1.807, 2.05) is 82.9 Å². The van der Waals surface area contributed by atoms with Crippen LogP contribution >= 0.6 is 0 Å². The first-order chi connectivity index (χ1) is 21.6. The predicted molar refractivity (Wildman–Crippen MR) is 180 cm³/mol. The second-order valence-corrected chi connectivity index (χ2v) is 10.4. The number of aryl methyl sites for hydroxylation is 1. The minimum absolute atomic E-state index is 0. The van der Waals surface area contributed by atoms with Crippen molar-refractivity contribution in [3.8, 4) is 5.82 Å². The molecule has 1 aliphatic rings. The van der Waals surface area contributed by atoms with Gasteiger partial charge in [-0.3, -0.25) is 18.9 Å². The molecule has 1 saturated heterocycles. The Bertz CT molecular complexity index is 1590. The van der Waals surface area contributed by atoms with Gasteiger partial charge in [-0.15, -0.1) is 0 Å². The Hall–Kier alpha value is -3.87. The molecule has 12 heteroatoms. The van der Waals surface area contributed by atoms with Gasteiger partial charge in [-0.1, -0.05) is 46.8 Å². The highest BCUT2D eigenvalue weighted by atomic mass is 19.1. The highest BCUT2D eigenvalue weighted by Gasteiger charge is 2.30. The van der Waals surface area contributed by atoms with Gasteiger partial charge in [-0.2, -0.15) is 9.97 Å². The maximum Gasteiger partial charge on any atom is 0.226 e. The van der Waals surface area contributed by atoms with Crippen LogP contribution in [0.1, 0.15) is 77.5 Å². The number of aromatic nitrogens is 7. The second-order valence-electron chi connectivity index (χ2n) is 10.4. The highest BCUT2D eigenvalue weighted by molar-refractivity contribution is 5.87. The summed E-state index contributed by atoms with van der Waals surface area (Å²) in [6.45, 7) is 13.2. The highest BCUT2D eigenvalue weighted by Crippen LogP contribution is 2.35. The SMILES string of the molecule is CC.CC.CCC(F)c1nc2ccccc2n1-c1nc(NCCO)nc2c1n(C)n2C1CCN(CCc2ccncc2)CC1.O. The zero-order valence-corrected chi connectivity index (χ0v) is 27.5. The van der Waals surface area contributed by atoms with Crippen LogP contribution in [0.3, 0.4) is 0 Å². The summed E-state index contributed by atoms with van der Waals surface area (Å²) in [5, 5.41) is 12.6. The molecule has 5 heterocycles. The smallest absolute Gasteiger partial charge is 0.226 e. The van der Waals surface area contributed by atoms with Crippen LogP contribution in [0.2, 0.25) is 0 Å². The maximum absolute atomic E-state index is 15.3. The third kappa shape index (κ3) is 7.51.